The van der Waals surface area contributed by atoms with Crippen molar-refractivity contribution in [2.75, 3.05) is 7.05 Å². The molecule has 0 saturated carbocycles. The molecule has 0 aliphatic carbocycles. The molecule has 0 saturated heterocycles. The molecule has 2 aromatic heterocycles. The molecular formula is C16H24F2N6O. The van der Waals surface area contributed by atoms with E-state index in [-0.39, 0.29) is 12.4 Å². The number of alkyl halides is 2. The maximum absolute atomic E-state index is 12.8. The molecule has 2 rings (SSSR count). The number of hydrogen-bond acceptors (Lipinski definition) is 4. The molecule has 0 aromatic carbocycles. The molecule has 2 N–H and O–H groups in total. The lowest BCUT2D eigenvalue weighted by Crippen LogP contribution is -2.36. The standard InChI is InChI=1S/C16H24F2N6O/c1-4-11(5-2)13-8-12(25-23-13)9-21-16(19-3)22-10-14-20-6-7-24(14)15(17)18/h6-8,11,15H,4-5,9-10H2,1-3H3,(H2,19,21,22). The van der Waals surface area contributed by atoms with Gasteiger partial charge in [0, 0.05) is 31.4 Å². The molecule has 0 aliphatic rings. The third kappa shape index (κ3) is 5.01. The Morgan fingerprint density at radius 1 is 1.28 bits per heavy atom. The van der Waals surface area contributed by atoms with Crippen molar-refractivity contribution in [1.29, 1.82) is 0 Å². The van der Waals surface area contributed by atoms with E-state index >= 15 is 0 Å². The number of rotatable bonds is 8. The summed E-state index contributed by atoms with van der Waals surface area (Å²) in [6.07, 6.45) is 4.60. The molecule has 0 aliphatic heterocycles. The first-order valence-electron chi connectivity index (χ1n) is 8.28. The molecule has 0 radical (unpaired) electrons. The summed E-state index contributed by atoms with van der Waals surface area (Å²) in [7, 11) is 1.60. The number of halogens is 2. The highest BCUT2D eigenvalue weighted by molar-refractivity contribution is 5.79. The Bertz CT molecular complexity index is 678. The fourth-order valence-electron chi connectivity index (χ4n) is 2.52. The smallest absolute Gasteiger partial charge is 0.319 e. The van der Waals surface area contributed by atoms with Crippen molar-refractivity contribution >= 4 is 5.96 Å². The van der Waals surface area contributed by atoms with Crippen molar-refractivity contribution in [2.24, 2.45) is 4.99 Å². The van der Waals surface area contributed by atoms with Gasteiger partial charge in [0.05, 0.1) is 18.8 Å². The fraction of sp³-hybridized carbons (Fsp3) is 0.562. The van der Waals surface area contributed by atoms with Crippen LogP contribution in [0, 0.1) is 0 Å². The summed E-state index contributed by atoms with van der Waals surface area (Å²) in [6, 6.07) is 1.93. The highest BCUT2D eigenvalue weighted by Crippen LogP contribution is 2.22. The van der Waals surface area contributed by atoms with E-state index in [0.717, 1.165) is 23.1 Å². The number of aliphatic imine (C=N–C) groups is 1. The van der Waals surface area contributed by atoms with Crippen molar-refractivity contribution in [3.05, 3.63) is 35.7 Å². The van der Waals surface area contributed by atoms with Crippen LogP contribution in [0.2, 0.25) is 0 Å². The third-order valence-corrected chi connectivity index (χ3v) is 4.01. The van der Waals surface area contributed by atoms with E-state index in [2.05, 4.69) is 39.6 Å². The van der Waals surface area contributed by atoms with Gasteiger partial charge in [-0.25, -0.2) is 4.98 Å². The summed E-state index contributed by atoms with van der Waals surface area (Å²) < 4.78 is 31.7. The number of hydrogen-bond donors (Lipinski definition) is 2. The quantitative estimate of drug-likeness (QED) is 0.563. The fourth-order valence-corrected chi connectivity index (χ4v) is 2.52. The van der Waals surface area contributed by atoms with Crippen molar-refractivity contribution in [3.63, 3.8) is 0 Å². The van der Waals surface area contributed by atoms with Gasteiger partial charge in [0.15, 0.2) is 11.7 Å². The van der Waals surface area contributed by atoms with Crippen LogP contribution in [0.5, 0.6) is 0 Å². The molecule has 138 valence electrons. The van der Waals surface area contributed by atoms with E-state index in [9.17, 15) is 8.78 Å². The number of aromatic nitrogens is 3. The average molecular weight is 354 g/mol. The average Bonchev–Trinajstić information content (AvgIpc) is 3.26. The zero-order chi connectivity index (χ0) is 18.2. The largest absolute Gasteiger partial charge is 0.359 e. The van der Waals surface area contributed by atoms with Gasteiger partial charge in [-0.15, -0.1) is 0 Å². The van der Waals surface area contributed by atoms with Crippen LogP contribution < -0.4 is 10.6 Å². The Hall–Kier alpha value is -2.45. The van der Waals surface area contributed by atoms with Gasteiger partial charge in [-0.3, -0.25) is 9.56 Å². The highest BCUT2D eigenvalue weighted by Gasteiger charge is 2.14. The first kappa shape index (κ1) is 18.9. The monoisotopic (exact) mass is 354 g/mol. The second kappa shape index (κ2) is 9.14. The van der Waals surface area contributed by atoms with E-state index < -0.39 is 6.55 Å². The van der Waals surface area contributed by atoms with Gasteiger partial charge in [-0.05, 0) is 12.8 Å². The van der Waals surface area contributed by atoms with Crippen molar-refractivity contribution in [3.8, 4) is 0 Å². The summed E-state index contributed by atoms with van der Waals surface area (Å²) in [5, 5.41) is 10.1. The van der Waals surface area contributed by atoms with Crippen LogP contribution in [0.1, 0.15) is 56.4 Å². The summed E-state index contributed by atoms with van der Waals surface area (Å²) in [5.74, 6) is 1.78. The number of nitrogens with one attached hydrogen (secondary N) is 2. The van der Waals surface area contributed by atoms with E-state index in [1.807, 2.05) is 6.07 Å². The van der Waals surface area contributed by atoms with E-state index in [1.165, 1.54) is 12.4 Å². The Morgan fingerprint density at radius 3 is 2.64 bits per heavy atom. The molecule has 0 atom stereocenters. The lowest BCUT2D eigenvalue weighted by Gasteiger charge is -2.11. The van der Waals surface area contributed by atoms with Crippen LogP contribution in [0.25, 0.3) is 0 Å². The minimum absolute atomic E-state index is 0.131. The SMILES string of the molecule is CCC(CC)c1cc(CNC(=NC)NCc2nccn2C(F)F)on1. The normalized spacial score (nSPS) is 12.2. The highest BCUT2D eigenvalue weighted by atomic mass is 19.3. The Labute approximate surface area is 145 Å². The molecule has 0 unspecified atom stereocenters. The lowest BCUT2D eigenvalue weighted by molar-refractivity contribution is 0.0668. The van der Waals surface area contributed by atoms with E-state index in [1.54, 1.807) is 7.05 Å². The minimum atomic E-state index is -2.62. The lowest BCUT2D eigenvalue weighted by atomic mass is 9.99. The van der Waals surface area contributed by atoms with E-state index in [4.69, 9.17) is 4.52 Å². The van der Waals surface area contributed by atoms with Crippen LogP contribution in [-0.2, 0) is 13.1 Å². The van der Waals surface area contributed by atoms with Gasteiger partial charge in [-0.2, -0.15) is 8.78 Å². The second-order valence-corrected chi connectivity index (χ2v) is 5.54. The first-order chi connectivity index (χ1) is 12.1. The van der Waals surface area contributed by atoms with Crippen LogP contribution >= 0.6 is 0 Å². The van der Waals surface area contributed by atoms with Crippen LogP contribution in [0.15, 0.2) is 28.0 Å². The zero-order valence-corrected chi connectivity index (χ0v) is 14.7. The molecule has 2 aromatic rings. The molecule has 0 bridgehead atoms. The molecule has 0 fully saturated rings. The Kier molecular flexibility index (Phi) is 6.91. The molecule has 25 heavy (non-hydrogen) atoms. The summed E-state index contributed by atoms with van der Waals surface area (Å²) in [6.45, 7) is 2.15. The van der Waals surface area contributed by atoms with Crippen LogP contribution in [-0.4, -0.2) is 27.7 Å². The van der Waals surface area contributed by atoms with E-state index in [0.29, 0.717) is 24.2 Å². The number of imidazole rings is 1. The van der Waals surface area contributed by atoms with Gasteiger partial charge in [-0.1, -0.05) is 19.0 Å². The number of guanidine groups is 1. The summed E-state index contributed by atoms with van der Waals surface area (Å²) in [5.41, 5.74) is 0.948. The van der Waals surface area contributed by atoms with Crippen molar-refractivity contribution in [2.45, 2.75) is 52.2 Å². The number of nitrogens with zero attached hydrogens (tertiary/aromatic N) is 4. The first-order valence-corrected chi connectivity index (χ1v) is 8.28. The molecular weight excluding hydrogens is 330 g/mol. The van der Waals surface area contributed by atoms with Crippen molar-refractivity contribution in [1.82, 2.24) is 25.3 Å². The predicted molar refractivity (Wildman–Crippen MR) is 90.3 cm³/mol. The van der Waals surface area contributed by atoms with Gasteiger partial charge < -0.3 is 15.2 Å². The maximum atomic E-state index is 12.8. The van der Waals surface area contributed by atoms with Gasteiger partial charge >= 0.3 is 6.55 Å². The van der Waals surface area contributed by atoms with Gasteiger partial charge in [0.2, 0.25) is 0 Å². The Balaban J connectivity index is 1.87. The molecule has 7 nitrogen and oxygen atoms in total. The molecule has 0 amide bonds. The van der Waals surface area contributed by atoms with Crippen LogP contribution in [0.4, 0.5) is 8.78 Å². The molecule has 2 heterocycles. The maximum Gasteiger partial charge on any atom is 0.319 e. The summed E-state index contributed by atoms with van der Waals surface area (Å²) in [4.78, 5) is 7.97. The van der Waals surface area contributed by atoms with Gasteiger partial charge in [0.25, 0.3) is 0 Å². The Morgan fingerprint density at radius 2 is 2.00 bits per heavy atom. The molecule has 9 heteroatoms. The zero-order valence-electron chi connectivity index (χ0n) is 14.7. The molecule has 0 spiro atoms. The van der Waals surface area contributed by atoms with Crippen molar-refractivity contribution < 1.29 is 13.3 Å². The predicted octanol–water partition coefficient (Wildman–Crippen LogP) is 3.04. The second-order valence-electron chi connectivity index (χ2n) is 5.54. The van der Waals surface area contributed by atoms with Gasteiger partial charge in [0.1, 0.15) is 5.82 Å². The minimum Gasteiger partial charge on any atom is -0.359 e. The summed E-state index contributed by atoms with van der Waals surface area (Å²) >= 11 is 0. The van der Waals surface area contributed by atoms with Crippen LogP contribution in [0.3, 0.4) is 0 Å². The third-order valence-electron chi connectivity index (χ3n) is 4.01. The topological polar surface area (TPSA) is 80.3 Å².